The maximum atomic E-state index is 13.7. The monoisotopic (exact) mass is 392 g/mol. The fourth-order valence-electron chi connectivity index (χ4n) is 2.57. The molecule has 0 spiro atoms. The largest absolute Gasteiger partial charge is 0.378 e. The Morgan fingerprint density at radius 1 is 1.14 bits per heavy atom. The van der Waals surface area contributed by atoms with Crippen LogP contribution in [0.3, 0.4) is 0 Å². The molecule has 2 aromatic carbocycles. The molecule has 0 fully saturated rings. The van der Waals surface area contributed by atoms with E-state index in [4.69, 9.17) is 5.73 Å². The molecule has 2 heterocycles. The molecule has 2 aromatic heterocycles. The van der Waals surface area contributed by atoms with Gasteiger partial charge in [-0.3, -0.25) is 4.79 Å². The van der Waals surface area contributed by atoms with Crippen LogP contribution in [-0.4, -0.2) is 37.4 Å². The highest BCUT2D eigenvalue weighted by Gasteiger charge is 2.24. The highest BCUT2D eigenvalue weighted by atomic mass is 19.1. The smallest absolute Gasteiger partial charge is 0.294 e. The summed E-state index contributed by atoms with van der Waals surface area (Å²) in [5.74, 6) is -1.05. The Balaban J connectivity index is 1.68. The van der Waals surface area contributed by atoms with Gasteiger partial charge in [-0.2, -0.15) is 9.78 Å². The summed E-state index contributed by atoms with van der Waals surface area (Å²) in [6.07, 6.45) is 1.19. The molecule has 144 valence electrons. The molecule has 0 saturated carbocycles. The van der Waals surface area contributed by atoms with E-state index in [9.17, 15) is 9.18 Å². The van der Waals surface area contributed by atoms with E-state index < -0.39 is 11.7 Å². The predicted molar refractivity (Wildman–Crippen MR) is 101 cm³/mol. The molecule has 29 heavy (non-hydrogen) atoms. The standard InChI is InChI=1S/C18H13FN8O2/c19-13-9-5-4-8-12(13)10-21-23-18(28)14-15(11-6-2-1-3-7-11)27(26-22-14)17-16(20)24-29-25-17/h1-10H,(H2,20,24)(H,23,28)/b21-10-. The van der Waals surface area contributed by atoms with E-state index in [0.29, 0.717) is 11.3 Å². The van der Waals surface area contributed by atoms with Crippen molar-refractivity contribution in [3.63, 3.8) is 0 Å². The van der Waals surface area contributed by atoms with Crippen molar-refractivity contribution in [3.05, 3.63) is 71.7 Å². The molecule has 3 N–H and O–H groups in total. The van der Waals surface area contributed by atoms with Gasteiger partial charge < -0.3 is 5.73 Å². The van der Waals surface area contributed by atoms with Crippen molar-refractivity contribution < 1.29 is 13.8 Å². The Bertz CT molecular complexity index is 1190. The molecular weight excluding hydrogens is 379 g/mol. The molecule has 10 nitrogen and oxygen atoms in total. The fourth-order valence-corrected chi connectivity index (χ4v) is 2.57. The van der Waals surface area contributed by atoms with E-state index in [1.165, 1.54) is 23.0 Å². The summed E-state index contributed by atoms with van der Waals surface area (Å²) in [6.45, 7) is 0. The molecule has 0 aliphatic rings. The van der Waals surface area contributed by atoms with E-state index >= 15 is 0 Å². The average Bonchev–Trinajstić information content (AvgIpc) is 3.36. The highest BCUT2D eigenvalue weighted by molar-refractivity contribution is 5.98. The van der Waals surface area contributed by atoms with E-state index in [0.717, 1.165) is 0 Å². The molecule has 0 aliphatic carbocycles. The van der Waals surface area contributed by atoms with E-state index in [-0.39, 0.29) is 22.9 Å². The van der Waals surface area contributed by atoms with Crippen molar-refractivity contribution in [2.24, 2.45) is 5.10 Å². The molecular formula is C18H13FN8O2. The number of aromatic nitrogens is 5. The number of benzene rings is 2. The molecule has 0 aliphatic heterocycles. The normalized spacial score (nSPS) is 11.1. The number of nitrogens with one attached hydrogen (secondary N) is 1. The molecule has 0 unspecified atom stereocenters. The number of carbonyl (C=O) groups is 1. The SMILES string of the molecule is Nc1nonc1-n1nnc(C(=O)N/N=C\c2ccccc2F)c1-c1ccccc1. The number of hydrogen-bond acceptors (Lipinski definition) is 8. The van der Waals surface area contributed by atoms with Gasteiger partial charge in [0.05, 0.1) is 6.21 Å². The Kier molecular flexibility index (Phi) is 4.76. The maximum Gasteiger partial charge on any atom is 0.294 e. The van der Waals surface area contributed by atoms with Crippen molar-refractivity contribution in [1.82, 2.24) is 30.7 Å². The minimum absolute atomic E-state index is 0.0170. The Morgan fingerprint density at radius 2 is 1.90 bits per heavy atom. The Hall–Kier alpha value is -4.41. The first-order valence-electron chi connectivity index (χ1n) is 8.32. The minimum atomic E-state index is -0.655. The third kappa shape index (κ3) is 3.56. The Labute approximate surface area is 162 Å². The van der Waals surface area contributed by atoms with Crippen molar-refractivity contribution in [2.45, 2.75) is 0 Å². The number of amides is 1. The summed E-state index contributed by atoms with van der Waals surface area (Å²) in [5, 5.41) is 18.9. The van der Waals surface area contributed by atoms with Gasteiger partial charge in [0.15, 0.2) is 5.69 Å². The maximum absolute atomic E-state index is 13.7. The van der Waals surface area contributed by atoms with Crippen LogP contribution >= 0.6 is 0 Å². The molecule has 0 bridgehead atoms. The van der Waals surface area contributed by atoms with Gasteiger partial charge in [0.25, 0.3) is 5.91 Å². The summed E-state index contributed by atoms with van der Waals surface area (Å²) in [4.78, 5) is 12.7. The first-order valence-corrected chi connectivity index (χ1v) is 8.32. The van der Waals surface area contributed by atoms with E-state index in [1.807, 2.05) is 6.07 Å². The van der Waals surface area contributed by atoms with Crippen LogP contribution in [0.15, 0.2) is 64.3 Å². The Morgan fingerprint density at radius 3 is 2.62 bits per heavy atom. The number of rotatable bonds is 5. The summed E-state index contributed by atoms with van der Waals surface area (Å²) >= 11 is 0. The predicted octanol–water partition coefficient (Wildman–Crippen LogP) is 1.80. The molecule has 0 saturated heterocycles. The second-order valence-corrected chi connectivity index (χ2v) is 5.76. The average molecular weight is 392 g/mol. The van der Waals surface area contributed by atoms with Crippen LogP contribution in [0, 0.1) is 5.82 Å². The van der Waals surface area contributed by atoms with Crippen LogP contribution in [-0.2, 0) is 0 Å². The summed E-state index contributed by atoms with van der Waals surface area (Å²) in [6, 6.07) is 14.9. The number of carbonyl (C=O) groups excluding carboxylic acids is 1. The van der Waals surface area contributed by atoms with Crippen LogP contribution < -0.4 is 11.2 Å². The first kappa shape index (κ1) is 18.0. The quantitative estimate of drug-likeness (QED) is 0.390. The van der Waals surface area contributed by atoms with Crippen molar-refractivity contribution in [3.8, 4) is 17.1 Å². The van der Waals surface area contributed by atoms with Crippen LogP contribution in [0.2, 0.25) is 0 Å². The van der Waals surface area contributed by atoms with Crippen molar-refractivity contribution >= 4 is 17.9 Å². The van der Waals surface area contributed by atoms with Gasteiger partial charge >= 0.3 is 0 Å². The number of nitrogens with two attached hydrogens (primary N) is 1. The molecule has 0 radical (unpaired) electrons. The van der Waals surface area contributed by atoms with Gasteiger partial charge in [-0.25, -0.2) is 14.4 Å². The van der Waals surface area contributed by atoms with Gasteiger partial charge in [-0.1, -0.05) is 53.7 Å². The topological polar surface area (TPSA) is 137 Å². The highest BCUT2D eigenvalue weighted by Crippen LogP contribution is 2.26. The van der Waals surface area contributed by atoms with Gasteiger partial charge in [0, 0.05) is 11.1 Å². The first-order chi connectivity index (χ1) is 14.1. The third-order valence-electron chi connectivity index (χ3n) is 3.90. The number of nitrogen functional groups attached to an aromatic ring is 1. The molecule has 4 aromatic rings. The number of anilines is 1. The number of hydrogen-bond donors (Lipinski definition) is 2. The summed E-state index contributed by atoms with van der Waals surface area (Å²) in [7, 11) is 0. The lowest BCUT2D eigenvalue weighted by Gasteiger charge is -2.05. The zero-order valence-electron chi connectivity index (χ0n) is 14.7. The number of halogens is 1. The zero-order valence-corrected chi connectivity index (χ0v) is 14.7. The second kappa shape index (κ2) is 7.68. The lowest BCUT2D eigenvalue weighted by atomic mass is 10.1. The van der Waals surface area contributed by atoms with Gasteiger partial charge in [-0.05, 0) is 16.4 Å². The number of nitrogens with zero attached hydrogens (tertiary/aromatic N) is 6. The van der Waals surface area contributed by atoms with Crippen molar-refractivity contribution in [1.29, 1.82) is 0 Å². The van der Waals surface area contributed by atoms with Crippen LogP contribution in [0.4, 0.5) is 10.2 Å². The minimum Gasteiger partial charge on any atom is -0.378 e. The lowest BCUT2D eigenvalue weighted by molar-refractivity contribution is 0.0950. The summed E-state index contributed by atoms with van der Waals surface area (Å²) in [5.41, 5.74) is 9.19. The lowest BCUT2D eigenvalue weighted by Crippen LogP contribution is -2.19. The molecule has 4 rings (SSSR count). The third-order valence-corrected chi connectivity index (χ3v) is 3.90. The van der Waals surface area contributed by atoms with Gasteiger partial charge in [-0.15, -0.1) is 5.10 Å². The fraction of sp³-hybridized carbons (Fsp3) is 0. The van der Waals surface area contributed by atoms with Crippen LogP contribution in [0.25, 0.3) is 17.1 Å². The molecule has 11 heteroatoms. The number of hydrazone groups is 1. The molecule has 1 amide bonds. The molecule has 0 atom stereocenters. The summed E-state index contributed by atoms with van der Waals surface area (Å²) < 4.78 is 19.5. The van der Waals surface area contributed by atoms with E-state index in [1.54, 1.807) is 36.4 Å². The van der Waals surface area contributed by atoms with Crippen LogP contribution in [0.1, 0.15) is 16.1 Å². The van der Waals surface area contributed by atoms with Gasteiger partial charge in [0.2, 0.25) is 11.6 Å². The second-order valence-electron chi connectivity index (χ2n) is 5.76. The van der Waals surface area contributed by atoms with E-state index in [2.05, 4.69) is 35.8 Å². The van der Waals surface area contributed by atoms with Gasteiger partial charge in [0.1, 0.15) is 11.5 Å². The zero-order chi connectivity index (χ0) is 20.2. The van der Waals surface area contributed by atoms with Crippen molar-refractivity contribution in [2.75, 3.05) is 5.73 Å². The van der Waals surface area contributed by atoms with Crippen LogP contribution in [0.5, 0.6) is 0 Å².